The van der Waals surface area contributed by atoms with Crippen LogP contribution in [0.3, 0.4) is 0 Å². The summed E-state index contributed by atoms with van der Waals surface area (Å²) in [5, 5.41) is 17.5. The van der Waals surface area contributed by atoms with Gasteiger partial charge in [-0.05, 0) is 31.0 Å². The quantitative estimate of drug-likeness (QED) is 0.752. The number of anilines is 1. The fraction of sp³-hybridized carbons (Fsp3) is 0.278. The Labute approximate surface area is 149 Å². The summed E-state index contributed by atoms with van der Waals surface area (Å²) in [7, 11) is 0. The van der Waals surface area contributed by atoms with Gasteiger partial charge >= 0.3 is 0 Å². The van der Waals surface area contributed by atoms with Gasteiger partial charge in [-0.15, -0.1) is 10.2 Å². The first-order chi connectivity index (χ1) is 12.7. The summed E-state index contributed by atoms with van der Waals surface area (Å²) >= 11 is 0. The summed E-state index contributed by atoms with van der Waals surface area (Å²) in [5.74, 6) is 1.45. The lowest BCUT2D eigenvalue weighted by molar-refractivity contribution is 0.102. The van der Waals surface area contributed by atoms with Gasteiger partial charge < -0.3 is 9.88 Å². The monoisotopic (exact) mass is 350 g/mol. The lowest BCUT2D eigenvalue weighted by atomic mass is 10.2. The van der Waals surface area contributed by atoms with Crippen molar-refractivity contribution in [1.29, 1.82) is 0 Å². The highest BCUT2D eigenvalue weighted by molar-refractivity contribution is 6.02. The second-order valence-corrected chi connectivity index (χ2v) is 6.24. The summed E-state index contributed by atoms with van der Waals surface area (Å²) < 4.78 is 2.16. The largest absolute Gasteiger partial charge is 0.321 e. The van der Waals surface area contributed by atoms with Crippen LogP contribution in [0.1, 0.15) is 35.6 Å². The zero-order chi connectivity index (χ0) is 17.9. The van der Waals surface area contributed by atoms with Crippen LogP contribution >= 0.6 is 0 Å². The predicted octanol–water partition coefficient (Wildman–Crippen LogP) is 2.01. The van der Waals surface area contributed by atoms with Crippen LogP contribution in [0.5, 0.6) is 0 Å². The van der Waals surface area contributed by atoms with Crippen molar-refractivity contribution >= 4 is 11.6 Å². The maximum atomic E-state index is 12.3. The van der Waals surface area contributed by atoms with Crippen LogP contribution in [-0.2, 0) is 13.0 Å². The number of benzene rings is 1. The van der Waals surface area contributed by atoms with E-state index in [9.17, 15) is 9.59 Å². The van der Waals surface area contributed by atoms with E-state index in [1.54, 1.807) is 6.07 Å². The third-order valence-corrected chi connectivity index (χ3v) is 4.40. The molecule has 3 heterocycles. The van der Waals surface area contributed by atoms with Gasteiger partial charge in [-0.2, -0.15) is 5.10 Å². The van der Waals surface area contributed by atoms with Gasteiger partial charge in [-0.25, -0.2) is 5.10 Å². The Hall–Kier alpha value is -3.29. The fourth-order valence-corrected chi connectivity index (χ4v) is 3.10. The molecule has 8 nitrogen and oxygen atoms in total. The average molecular weight is 350 g/mol. The molecule has 2 aromatic heterocycles. The van der Waals surface area contributed by atoms with Crippen molar-refractivity contribution in [1.82, 2.24) is 25.0 Å². The van der Waals surface area contributed by atoms with Crippen molar-refractivity contribution in [2.24, 2.45) is 0 Å². The van der Waals surface area contributed by atoms with Crippen molar-refractivity contribution in [3.8, 4) is 11.4 Å². The van der Waals surface area contributed by atoms with E-state index in [0.717, 1.165) is 43.0 Å². The Morgan fingerprint density at radius 2 is 2.04 bits per heavy atom. The smallest absolute Gasteiger partial charge is 0.276 e. The molecule has 1 aliphatic rings. The molecule has 0 atom stereocenters. The molecule has 4 rings (SSSR count). The van der Waals surface area contributed by atoms with Gasteiger partial charge in [-0.3, -0.25) is 9.59 Å². The van der Waals surface area contributed by atoms with Crippen molar-refractivity contribution < 1.29 is 4.79 Å². The number of hydrogen-bond donors (Lipinski definition) is 2. The highest BCUT2D eigenvalue weighted by Gasteiger charge is 2.16. The van der Waals surface area contributed by atoms with E-state index >= 15 is 0 Å². The molecule has 0 spiro atoms. The minimum Gasteiger partial charge on any atom is -0.321 e. The summed E-state index contributed by atoms with van der Waals surface area (Å²) in [6, 6.07) is 10.1. The Kier molecular flexibility index (Phi) is 4.30. The number of amides is 1. The van der Waals surface area contributed by atoms with E-state index in [2.05, 4.69) is 30.3 Å². The van der Waals surface area contributed by atoms with E-state index in [1.165, 1.54) is 18.6 Å². The van der Waals surface area contributed by atoms with Gasteiger partial charge in [0.2, 0.25) is 0 Å². The molecule has 0 unspecified atom stereocenters. The van der Waals surface area contributed by atoms with Gasteiger partial charge in [0.1, 0.15) is 11.5 Å². The molecule has 0 saturated carbocycles. The number of aromatic nitrogens is 5. The number of fused-ring (bicyclic) bond motifs is 1. The molecule has 26 heavy (non-hydrogen) atoms. The lowest BCUT2D eigenvalue weighted by Crippen LogP contribution is -2.17. The molecule has 1 aliphatic heterocycles. The van der Waals surface area contributed by atoms with E-state index < -0.39 is 5.91 Å². The van der Waals surface area contributed by atoms with Crippen LogP contribution in [0.25, 0.3) is 11.4 Å². The number of hydrogen-bond acceptors (Lipinski definition) is 5. The SMILES string of the molecule is O=C(Nc1cccc(-c2nnc3n2CCCCC3)c1)c1ccc(=O)[nH]n1. The van der Waals surface area contributed by atoms with E-state index in [-0.39, 0.29) is 11.3 Å². The van der Waals surface area contributed by atoms with Crippen molar-refractivity contribution in [2.75, 3.05) is 5.32 Å². The van der Waals surface area contributed by atoms with Gasteiger partial charge in [0.25, 0.3) is 11.5 Å². The lowest BCUT2D eigenvalue weighted by Gasteiger charge is -2.09. The van der Waals surface area contributed by atoms with Crippen molar-refractivity contribution in [3.05, 3.63) is 58.3 Å². The average Bonchev–Trinajstić information content (AvgIpc) is 2.91. The summed E-state index contributed by atoms with van der Waals surface area (Å²) in [6.07, 6.45) is 4.40. The zero-order valence-corrected chi connectivity index (χ0v) is 14.1. The predicted molar refractivity (Wildman–Crippen MR) is 95.8 cm³/mol. The van der Waals surface area contributed by atoms with Crippen molar-refractivity contribution in [3.63, 3.8) is 0 Å². The van der Waals surface area contributed by atoms with E-state index in [0.29, 0.717) is 5.69 Å². The molecular formula is C18H18N6O2. The number of H-pyrrole nitrogens is 1. The molecule has 0 radical (unpaired) electrons. The number of nitrogens with one attached hydrogen (secondary N) is 2. The summed E-state index contributed by atoms with van der Waals surface area (Å²) in [6.45, 7) is 0.912. The molecule has 1 aromatic carbocycles. The highest BCUT2D eigenvalue weighted by atomic mass is 16.2. The molecule has 132 valence electrons. The van der Waals surface area contributed by atoms with Gasteiger partial charge in [-0.1, -0.05) is 18.6 Å². The Balaban J connectivity index is 1.59. The standard InChI is InChI=1S/C18H18N6O2/c25-16-9-8-14(20-22-16)18(26)19-13-6-4-5-12(11-13)17-23-21-15-7-2-1-3-10-24(15)17/h4-6,8-9,11H,1-3,7,10H2,(H,19,26)(H,22,25). The Morgan fingerprint density at radius 1 is 1.12 bits per heavy atom. The molecule has 8 heteroatoms. The van der Waals surface area contributed by atoms with Crippen LogP contribution in [-0.4, -0.2) is 30.9 Å². The normalized spacial score (nSPS) is 13.7. The topological polar surface area (TPSA) is 106 Å². The first-order valence-corrected chi connectivity index (χ1v) is 8.60. The summed E-state index contributed by atoms with van der Waals surface area (Å²) in [4.78, 5) is 23.3. The number of aromatic amines is 1. The third-order valence-electron chi connectivity index (χ3n) is 4.40. The number of carbonyl (C=O) groups excluding carboxylic acids is 1. The molecule has 1 amide bonds. The Morgan fingerprint density at radius 3 is 2.88 bits per heavy atom. The molecular weight excluding hydrogens is 332 g/mol. The number of nitrogens with zero attached hydrogens (tertiary/aromatic N) is 4. The molecule has 0 saturated heterocycles. The van der Waals surface area contributed by atoms with Gasteiger partial charge in [0.15, 0.2) is 5.82 Å². The second kappa shape index (κ2) is 6.91. The summed E-state index contributed by atoms with van der Waals surface area (Å²) in [5.41, 5.74) is 1.33. The number of aryl methyl sites for hydroxylation is 1. The highest BCUT2D eigenvalue weighted by Crippen LogP contribution is 2.25. The zero-order valence-electron chi connectivity index (χ0n) is 14.1. The van der Waals surface area contributed by atoms with Crippen LogP contribution < -0.4 is 10.9 Å². The molecule has 3 aromatic rings. The van der Waals surface area contributed by atoms with Crippen LogP contribution in [0.4, 0.5) is 5.69 Å². The molecule has 2 N–H and O–H groups in total. The van der Waals surface area contributed by atoms with Crippen LogP contribution in [0.2, 0.25) is 0 Å². The number of rotatable bonds is 3. The number of carbonyl (C=O) groups is 1. The third kappa shape index (κ3) is 3.26. The molecule has 0 fully saturated rings. The second-order valence-electron chi connectivity index (χ2n) is 6.24. The van der Waals surface area contributed by atoms with Crippen molar-refractivity contribution in [2.45, 2.75) is 32.2 Å². The Bertz CT molecular complexity index is 986. The van der Waals surface area contributed by atoms with Gasteiger partial charge in [0, 0.05) is 30.3 Å². The minimum absolute atomic E-state index is 0.145. The van der Waals surface area contributed by atoms with E-state index in [4.69, 9.17) is 0 Å². The fourth-order valence-electron chi connectivity index (χ4n) is 3.10. The first kappa shape index (κ1) is 16.2. The van der Waals surface area contributed by atoms with Crippen LogP contribution in [0, 0.1) is 0 Å². The maximum absolute atomic E-state index is 12.3. The molecule has 0 bridgehead atoms. The van der Waals surface area contributed by atoms with Gasteiger partial charge in [0.05, 0.1) is 0 Å². The maximum Gasteiger partial charge on any atom is 0.276 e. The van der Waals surface area contributed by atoms with E-state index in [1.807, 2.05) is 18.2 Å². The molecule has 0 aliphatic carbocycles. The minimum atomic E-state index is -0.390. The van der Waals surface area contributed by atoms with Crippen LogP contribution in [0.15, 0.2) is 41.2 Å². The first-order valence-electron chi connectivity index (χ1n) is 8.60.